The maximum absolute atomic E-state index is 11.3. The molecule has 0 aromatic heterocycles. The van der Waals surface area contributed by atoms with E-state index in [1.54, 1.807) is 13.0 Å². The molecule has 1 aromatic carbocycles. The largest absolute Gasteiger partial charge is 0.508 e. The molecule has 6 nitrogen and oxygen atoms in total. The Labute approximate surface area is 156 Å². The van der Waals surface area contributed by atoms with Crippen LogP contribution >= 0.6 is 0 Å². The Kier molecular flexibility index (Phi) is 9.74. The summed E-state index contributed by atoms with van der Waals surface area (Å²) in [7, 11) is 5.79. The fraction of sp³-hybridized carbons (Fsp3) is 0.550. The maximum Gasteiger partial charge on any atom is 0.317 e. The van der Waals surface area contributed by atoms with Gasteiger partial charge >= 0.3 is 5.97 Å². The molecular formula is C20H30N2O4. The summed E-state index contributed by atoms with van der Waals surface area (Å²) in [6.07, 6.45) is 0.727. The molecule has 0 fully saturated rings. The van der Waals surface area contributed by atoms with Gasteiger partial charge in [0.05, 0.1) is 19.8 Å². The average Bonchev–Trinajstić information content (AvgIpc) is 2.59. The fourth-order valence-electron chi connectivity index (χ4n) is 2.52. The summed E-state index contributed by atoms with van der Waals surface area (Å²) in [6.45, 7) is 3.22. The zero-order valence-electron chi connectivity index (χ0n) is 16.2. The molecular weight excluding hydrogens is 332 g/mol. The Morgan fingerprint density at radius 1 is 1.27 bits per heavy atom. The van der Waals surface area contributed by atoms with Crippen molar-refractivity contribution < 1.29 is 19.7 Å². The fourth-order valence-corrected chi connectivity index (χ4v) is 2.52. The molecule has 0 bridgehead atoms. The van der Waals surface area contributed by atoms with Crippen molar-refractivity contribution in [2.75, 3.05) is 40.9 Å². The Morgan fingerprint density at radius 2 is 2.00 bits per heavy atom. The van der Waals surface area contributed by atoms with Gasteiger partial charge in [0, 0.05) is 18.2 Å². The minimum absolute atomic E-state index is 0.0000529. The number of aromatic hydroxyl groups is 1. The number of likely N-dealkylation sites (N-methyl/N-ethyl adjacent to an activating group) is 1. The number of aliphatic hydroxyl groups is 1. The molecule has 0 amide bonds. The second-order valence-corrected chi connectivity index (χ2v) is 6.49. The van der Waals surface area contributed by atoms with Gasteiger partial charge in [0.15, 0.2) is 0 Å². The SMILES string of the molecule is CCOC(=O)CC#CCN(C)[C@H](CO)Cc1ccc(O)c(CN(C)C)c1. The number of esters is 1. The second-order valence-electron chi connectivity index (χ2n) is 6.49. The van der Waals surface area contributed by atoms with Gasteiger partial charge in [-0.3, -0.25) is 9.69 Å². The Balaban J connectivity index is 2.66. The maximum atomic E-state index is 11.3. The van der Waals surface area contributed by atoms with Crippen molar-refractivity contribution in [1.82, 2.24) is 9.80 Å². The third kappa shape index (κ3) is 7.87. The van der Waals surface area contributed by atoms with Gasteiger partial charge in [-0.25, -0.2) is 0 Å². The zero-order chi connectivity index (χ0) is 19.5. The quantitative estimate of drug-likeness (QED) is 0.509. The van der Waals surface area contributed by atoms with Crippen LogP contribution < -0.4 is 0 Å². The second kappa shape index (κ2) is 11.5. The number of carbonyl (C=O) groups excluding carboxylic acids is 1. The first-order chi connectivity index (χ1) is 12.4. The van der Waals surface area contributed by atoms with E-state index in [9.17, 15) is 15.0 Å². The molecule has 0 spiro atoms. The van der Waals surface area contributed by atoms with E-state index in [0.717, 1.165) is 11.1 Å². The first-order valence-electron chi connectivity index (χ1n) is 8.75. The molecule has 0 saturated carbocycles. The Hall–Kier alpha value is -2.07. The summed E-state index contributed by atoms with van der Waals surface area (Å²) < 4.78 is 4.83. The molecule has 6 heteroatoms. The summed E-state index contributed by atoms with van der Waals surface area (Å²) in [4.78, 5) is 15.2. The van der Waals surface area contributed by atoms with Crippen molar-refractivity contribution in [2.24, 2.45) is 0 Å². The Bertz CT molecular complexity index is 634. The highest BCUT2D eigenvalue weighted by atomic mass is 16.5. The molecule has 1 atom stereocenters. The summed E-state index contributed by atoms with van der Waals surface area (Å²) in [6, 6.07) is 5.45. The van der Waals surface area contributed by atoms with Crippen LogP contribution in [0.5, 0.6) is 5.75 Å². The number of benzene rings is 1. The van der Waals surface area contributed by atoms with Gasteiger partial charge in [-0.2, -0.15) is 0 Å². The topological polar surface area (TPSA) is 73.2 Å². The molecule has 0 aliphatic carbocycles. The summed E-state index contributed by atoms with van der Waals surface area (Å²) in [5.74, 6) is 5.69. The summed E-state index contributed by atoms with van der Waals surface area (Å²) in [5, 5.41) is 19.7. The lowest BCUT2D eigenvalue weighted by atomic mass is 10.0. The molecule has 144 valence electrons. The van der Waals surface area contributed by atoms with Crippen LogP contribution in [-0.2, 0) is 22.5 Å². The predicted octanol–water partition coefficient (Wildman–Crippen LogP) is 1.25. The van der Waals surface area contributed by atoms with E-state index in [2.05, 4.69) is 11.8 Å². The van der Waals surface area contributed by atoms with Crippen LogP contribution in [0.15, 0.2) is 18.2 Å². The molecule has 0 aliphatic rings. The molecule has 0 unspecified atom stereocenters. The number of phenols is 1. The van der Waals surface area contributed by atoms with Crippen LogP contribution in [0.25, 0.3) is 0 Å². The van der Waals surface area contributed by atoms with Crippen molar-refractivity contribution in [3.63, 3.8) is 0 Å². The van der Waals surface area contributed by atoms with Crippen LogP contribution in [-0.4, -0.2) is 72.9 Å². The average molecular weight is 362 g/mol. The molecule has 1 aromatic rings. The Morgan fingerprint density at radius 3 is 2.62 bits per heavy atom. The van der Waals surface area contributed by atoms with Crippen LogP contribution in [0.4, 0.5) is 0 Å². The lowest BCUT2D eigenvalue weighted by molar-refractivity contribution is -0.141. The van der Waals surface area contributed by atoms with Crippen LogP contribution in [0.2, 0.25) is 0 Å². The number of rotatable bonds is 9. The number of aliphatic hydroxyl groups excluding tert-OH is 1. The van der Waals surface area contributed by atoms with Gasteiger partial charge in [0.2, 0.25) is 0 Å². The van der Waals surface area contributed by atoms with Gasteiger partial charge in [0.1, 0.15) is 12.2 Å². The number of carbonyl (C=O) groups is 1. The minimum atomic E-state index is -0.320. The number of hydrogen-bond acceptors (Lipinski definition) is 6. The van der Waals surface area contributed by atoms with Crippen LogP contribution in [0, 0.1) is 11.8 Å². The third-order valence-electron chi connectivity index (χ3n) is 3.93. The van der Waals surface area contributed by atoms with Crippen molar-refractivity contribution in [1.29, 1.82) is 0 Å². The molecule has 0 heterocycles. The number of phenolic OH excluding ortho intramolecular Hbond substituents is 1. The van der Waals surface area contributed by atoms with E-state index in [-0.39, 0.29) is 30.8 Å². The van der Waals surface area contributed by atoms with Gasteiger partial charge < -0.3 is 19.8 Å². The minimum Gasteiger partial charge on any atom is -0.508 e. The van der Waals surface area contributed by atoms with Crippen molar-refractivity contribution >= 4 is 5.97 Å². The molecule has 0 radical (unpaired) electrons. The highest BCUT2D eigenvalue weighted by molar-refractivity contribution is 5.72. The highest BCUT2D eigenvalue weighted by Crippen LogP contribution is 2.21. The monoisotopic (exact) mass is 362 g/mol. The predicted molar refractivity (Wildman–Crippen MR) is 102 cm³/mol. The van der Waals surface area contributed by atoms with Crippen molar-refractivity contribution in [3.05, 3.63) is 29.3 Å². The third-order valence-corrected chi connectivity index (χ3v) is 3.93. The van der Waals surface area contributed by atoms with Gasteiger partial charge in [-0.05, 0) is 46.1 Å². The van der Waals surface area contributed by atoms with Crippen molar-refractivity contribution in [2.45, 2.75) is 32.4 Å². The van der Waals surface area contributed by atoms with E-state index in [1.165, 1.54) is 0 Å². The zero-order valence-corrected chi connectivity index (χ0v) is 16.2. The first kappa shape index (κ1) is 22.0. The summed E-state index contributed by atoms with van der Waals surface area (Å²) in [5.41, 5.74) is 1.91. The van der Waals surface area contributed by atoms with Crippen LogP contribution in [0.1, 0.15) is 24.5 Å². The lowest BCUT2D eigenvalue weighted by Crippen LogP contribution is -2.36. The normalized spacial score (nSPS) is 12.0. The number of ether oxygens (including phenoxy) is 1. The first-order valence-corrected chi connectivity index (χ1v) is 8.75. The molecule has 1 rings (SSSR count). The molecule has 0 aliphatic heterocycles. The van der Waals surface area contributed by atoms with Gasteiger partial charge in [-0.1, -0.05) is 24.0 Å². The number of nitrogens with zero attached hydrogens (tertiary/aromatic N) is 2. The molecule has 2 N–H and O–H groups in total. The van der Waals surface area contributed by atoms with E-state index < -0.39 is 0 Å². The standard InChI is InChI=1S/C20H30N2O4/c1-5-26-20(25)8-6-7-11-22(4)18(15-23)13-16-9-10-19(24)17(12-16)14-21(2)3/h9-10,12,18,23-24H,5,8,11,13-15H2,1-4H3/t18-/m0/s1. The smallest absolute Gasteiger partial charge is 0.317 e. The molecule has 26 heavy (non-hydrogen) atoms. The highest BCUT2D eigenvalue weighted by Gasteiger charge is 2.15. The summed E-state index contributed by atoms with van der Waals surface area (Å²) >= 11 is 0. The van der Waals surface area contributed by atoms with Crippen LogP contribution in [0.3, 0.4) is 0 Å². The van der Waals surface area contributed by atoms with E-state index in [0.29, 0.717) is 26.1 Å². The van der Waals surface area contributed by atoms with E-state index >= 15 is 0 Å². The van der Waals surface area contributed by atoms with Crippen molar-refractivity contribution in [3.8, 4) is 17.6 Å². The van der Waals surface area contributed by atoms with Gasteiger partial charge in [0.25, 0.3) is 0 Å². The lowest BCUT2D eigenvalue weighted by Gasteiger charge is -2.25. The molecule has 0 saturated heterocycles. The van der Waals surface area contributed by atoms with E-state index in [1.807, 2.05) is 43.1 Å². The number of hydrogen-bond donors (Lipinski definition) is 2. The van der Waals surface area contributed by atoms with E-state index in [4.69, 9.17) is 4.74 Å². The van der Waals surface area contributed by atoms with Gasteiger partial charge in [-0.15, -0.1) is 0 Å².